The molecule has 0 aliphatic carbocycles. The fourth-order valence-electron chi connectivity index (χ4n) is 3.75. The number of rotatable bonds is 4. The van der Waals surface area contributed by atoms with Gasteiger partial charge in [-0.15, -0.1) is 0 Å². The van der Waals surface area contributed by atoms with Gasteiger partial charge in [-0.1, -0.05) is 29.4 Å². The number of hydrogen-bond donors (Lipinski definition) is 1. The summed E-state index contributed by atoms with van der Waals surface area (Å²) in [7, 11) is 1.62. The van der Waals surface area contributed by atoms with Crippen molar-refractivity contribution in [3.05, 3.63) is 59.5 Å². The van der Waals surface area contributed by atoms with Crippen LogP contribution in [0, 0.1) is 13.8 Å². The maximum atomic E-state index is 13.1. The van der Waals surface area contributed by atoms with E-state index in [1.807, 2.05) is 56.3 Å². The van der Waals surface area contributed by atoms with Crippen LogP contribution in [-0.2, 0) is 0 Å². The smallest absolute Gasteiger partial charge is 0.322 e. The maximum Gasteiger partial charge on any atom is 0.322 e. The minimum Gasteiger partial charge on any atom is -0.497 e. The van der Waals surface area contributed by atoms with E-state index in [-0.39, 0.29) is 12.1 Å². The summed E-state index contributed by atoms with van der Waals surface area (Å²) < 4.78 is 10.9. The van der Waals surface area contributed by atoms with Gasteiger partial charge in [-0.3, -0.25) is 0 Å². The third-order valence-corrected chi connectivity index (χ3v) is 5.66. The van der Waals surface area contributed by atoms with Crippen LogP contribution in [0.15, 0.2) is 47.0 Å². The third kappa shape index (κ3) is 4.01. The van der Waals surface area contributed by atoms with Gasteiger partial charge in [0.25, 0.3) is 0 Å². The van der Waals surface area contributed by atoms with Gasteiger partial charge in [-0.25, -0.2) is 4.79 Å². The number of nitrogens with zero attached hydrogens (tertiary/aromatic N) is 3. The van der Waals surface area contributed by atoms with Gasteiger partial charge in [0.15, 0.2) is 0 Å². The molecule has 156 valence electrons. The lowest BCUT2D eigenvalue weighted by molar-refractivity contribution is 0.142. The molecule has 2 aromatic carbocycles. The monoisotopic (exact) mass is 406 g/mol. The zero-order chi connectivity index (χ0) is 21.1. The van der Waals surface area contributed by atoms with Crippen molar-refractivity contribution in [1.82, 2.24) is 15.0 Å². The van der Waals surface area contributed by atoms with Crippen molar-refractivity contribution >= 4 is 11.7 Å². The van der Waals surface area contributed by atoms with Gasteiger partial charge in [0.2, 0.25) is 11.7 Å². The number of anilines is 1. The van der Waals surface area contributed by atoms with Crippen LogP contribution in [0.1, 0.15) is 42.3 Å². The second-order valence-electron chi connectivity index (χ2n) is 7.57. The molecule has 1 saturated heterocycles. The SMILES string of the molecule is COc1cccc(-c2noc([C@H]3CCCCN3C(=O)Nc3cccc(C)c3C)n2)c1. The summed E-state index contributed by atoms with van der Waals surface area (Å²) in [5.41, 5.74) is 3.85. The molecule has 0 spiro atoms. The van der Waals surface area contributed by atoms with Crippen LogP contribution in [0.3, 0.4) is 0 Å². The zero-order valence-electron chi connectivity index (χ0n) is 17.5. The molecular formula is C23H26N4O3. The Morgan fingerprint density at radius 2 is 2.03 bits per heavy atom. The Kier molecular flexibility index (Phi) is 5.70. The van der Waals surface area contributed by atoms with Crippen molar-refractivity contribution < 1.29 is 14.1 Å². The number of methoxy groups -OCH3 is 1. The highest BCUT2D eigenvalue weighted by Crippen LogP contribution is 2.32. The van der Waals surface area contributed by atoms with Crippen LogP contribution in [0.5, 0.6) is 5.75 Å². The number of aryl methyl sites for hydroxylation is 1. The van der Waals surface area contributed by atoms with E-state index in [9.17, 15) is 4.79 Å². The normalized spacial score (nSPS) is 16.4. The number of hydrogen-bond acceptors (Lipinski definition) is 5. The summed E-state index contributed by atoms with van der Waals surface area (Å²) in [6, 6.07) is 13.0. The van der Waals surface area contributed by atoms with Crippen molar-refractivity contribution in [2.75, 3.05) is 19.0 Å². The molecule has 0 unspecified atom stereocenters. The molecule has 2 heterocycles. The first-order valence-corrected chi connectivity index (χ1v) is 10.2. The molecule has 1 atom stereocenters. The second-order valence-corrected chi connectivity index (χ2v) is 7.57. The van der Waals surface area contributed by atoms with Crippen molar-refractivity contribution in [2.24, 2.45) is 0 Å². The van der Waals surface area contributed by atoms with Gasteiger partial charge >= 0.3 is 6.03 Å². The lowest BCUT2D eigenvalue weighted by atomic mass is 10.0. The van der Waals surface area contributed by atoms with Crippen LogP contribution >= 0.6 is 0 Å². The number of aromatic nitrogens is 2. The summed E-state index contributed by atoms with van der Waals surface area (Å²) in [6.45, 7) is 4.70. The van der Waals surface area contributed by atoms with Gasteiger partial charge in [-0.05, 0) is 62.4 Å². The number of amides is 2. The molecule has 30 heavy (non-hydrogen) atoms. The second kappa shape index (κ2) is 8.57. The quantitative estimate of drug-likeness (QED) is 0.650. The lowest BCUT2D eigenvalue weighted by Gasteiger charge is -2.33. The van der Waals surface area contributed by atoms with Gasteiger partial charge < -0.3 is 19.5 Å². The molecule has 7 nitrogen and oxygen atoms in total. The Hall–Kier alpha value is -3.35. The zero-order valence-corrected chi connectivity index (χ0v) is 17.5. The van der Waals surface area contributed by atoms with Crippen molar-refractivity contribution in [3.63, 3.8) is 0 Å². The third-order valence-electron chi connectivity index (χ3n) is 5.66. The number of likely N-dealkylation sites (tertiary alicyclic amines) is 1. The number of ether oxygens (including phenoxy) is 1. The molecule has 1 N–H and O–H groups in total. The standard InChI is InChI=1S/C23H26N4O3/c1-15-8-6-11-19(16(15)2)24-23(28)27-13-5-4-12-20(27)22-25-21(26-30-22)17-9-7-10-18(14-17)29-3/h6-11,14,20H,4-5,12-13H2,1-3H3,(H,24,28)/t20-/m1/s1. The highest BCUT2D eigenvalue weighted by molar-refractivity contribution is 5.90. The Balaban J connectivity index is 1.56. The van der Waals surface area contributed by atoms with E-state index in [1.165, 1.54) is 0 Å². The van der Waals surface area contributed by atoms with E-state index in [2.05, 4.69) is 15.5 Å². The minimum absolute atomic E-state index is 0.144. The fraction of sp³-hybridized carbons (Fsp3) is 0.348. The number of carbonyl (C=O) groups excluding carboxylic acids is 1. The van der Waals surface area contributed by atoms with E-state index >= 15 is 0 Å². The number of carbonyl (C=O) groups is 1. The van der Waals surface area contributed by atoms with E-state index in [0.717, 1.165) is 47.4 Å². The van der Waals surface area contributed by atoms with Gasteiger partial charge in [0.05, 0.1) is 7.11 Å². The van der Waals surface area contributed by atoms with Crippen molar-refractivity contribution in [2.45, 2.75) is 39.2 Å². The first-order valence-electron chi connectivity index (χ1n) is 10.2. The summed E-state index contributed by atoms with van der Waals surface area (Å²) >= 11 is 0. The molecule has 1 aromatic heterocycles. The molecule has 0 saturated carbocycles. The number of benzene rings is 2. The highest BCUT2D eigenvalue weighted by atomic mass is 16.5. The first-order chi connectivity index (χ1) is 14.6. The van der Waals surface area contributed by atoms with E-state index in [0.29, 0.717) is 18.3 Å². The topological polar surface area (TPSA) is 80.5 Å². The predicted molar refractivity (Wildman–Crippen MR) is 115 cm³/mol. The Bertz CT molecular complexity index is 1050. The highest BCUT2D eigenvalue weighted by Gasteiger charge is 2.32. The molecule has 7 heteroatoms. The fourth-order valence-corrected chi connectivity index (χ4v) is 3.75. The number of urea groups is 1. The maximum absolute atomic E-state index is 13.1. The number of piperidine rings is 1. The van der Waals surface area contributed by atoms with Gasteiger partial charge in [-0.2, -0.15) is 4.98 Å². The Labute approximate surface area is 176 Å². The molecule has 2 amide bonds. The Morgan fingerprint density at radius 3 is 2.87 bits per heavy atom. The molecular weight excluding hydrogens is 380 g/mol. The number of nitrogens with one attached hydrogen (secondary N) is 1. The van der Waals surface area contributed by atoms with Crippen LogP contribution in [0.25, 0.3) is 11.4 Å². The lowest BCUT2D eigenvalue weighted by Crippen LogP contribution is -2.41. The average molecular weight is 406 g/mol. The van der Waals surface area contributed by atoms with Gasteiger partial charge in [0, 0.05) is 17.8 Å². The summed E-state index contributed by atoms with van der Waals surface area (Å²) in [4.78, 5) is 19.5. The molecule has 1 aliphatic rings. The largest absolute Gasteiger partial charge is 0.497 e. The van der Waals surface area contributed by atoms with E-state index in [1.54, 1.807) is 12.0 Å². The minimum atomic E-state index is -0.240. The summed E-state index contributed by atoms with van der Waals surface area (Å²) in [5, 5.41) is 7.20. The molecule has 3 aromatic rings. The molecule has 4 rings (SSSR count). The van der Waals surface area contributed by atoms with E-state index in [4.69, 9.17) is 9.26 Å². The van der Waals surface area contributed by atoms with Crippen LogP contribution in [0.4, 0.5) is 10.5 Å². The van der Waals surface area contributed by atoms with Crippen molar-refractivity contribution in [3.8, 4) is 17.1 Å². The average Bonchev–Trinajstić information content (AvgIpc) is 3.27. The summed E-state index contributed by atoms with van der Waals surface area (Å²) in [6.07, 6.45) is 2.75. The van der Waals surface area contributed by atoms with E-state index < -0.39 is 0 Å². The van der Waals surface area contributed by atoms with Crippen LogP contribution in [-0.4, -0.2) is 34.7 Å². The van der Waals surface area contributed by atoms with Crippen LogP contribution in [0.2, 0.25) is 0 Å². The first kappa shape index (κ1) is 19.9. The molecule has 1 fully saturated rings. The molecule has 0 radical (unpaired) electrons. The Morgan fingerprint density at radius 1 is 1.20 bits per heavy atom. The predicted octanol–water partition coefficient (Wildman–Crippen LogP) is 5.12. The summed E-state index contributed by atoms with van der Waals surface area (Å²) in [5.74, 6) is 1.68. The molecule has 1 aliphatic heterocycles. The van der Waals surface area contributed by atoms with Crippen LogP contribution < -0.4 is 10.1 Å². The molecule has 0 bridgehead atoms. The van der Waals surface area contributed by atoms with Gasteiger partial charge in [0.1, 0.15) is 11.8 Å². The van der Waals surface area contributed by atoms with Crippen molar-refractivity contribution in [1.29, 1.82) is 0 Å².